The van der Waals surface area contributed by atoms with Crippen molar-refractivity contribution in [3.8, 4) is 11.1 Å². The van der Waals surface area contributed by atoms with E-state index in [1.807, 2.05) is 18.2 Å². The number of aliphatic imine (C=N–C) groups is 1. The monoisotopic (exact) mass is 373 g/mol. The van der Waals surface area contributed by atoms with Gasteiger partial charge in [-0.25, -0.2) is 0 Å². The number of hydrogen-bond acceptors (Lipinski definition) is 2. The Balaban J connectivity index is 1.77. The number of guanidine groups is 1. The number of carbonyl (C=O) groups excluding carboxylic acids is 1. The lowest BCUT2D eigenvalue weighted by atomic mass is 9.85. The Morgan fingerprint density at radius 1 is 1.11 bits per heavy atom. The van der Waals surface area contributed by atoms with Gasteiger partial charge in [0.1, 0.15) is 0 Å². The Bertz CT molecular complexity index is 952. The molecule has 0 radical (unpaired) electrons. The first-order valence-electron chi connectivity index (χ1n) is 8.67. The van der Waals surface area contributed by atoms with Crippen LogP contribution in [0.25, 0.3) is 11.1 Å². The lowest BCUT2D eigenvalue weighted by Crippen LogP contribution is -2.58. The van der Waals surface area contributed by atoms with Crippen molar-refractivity contribution in [1.29, 1.82) is 0 Å². The van der Waals surface area contributed by atoms with Gasteiger partial charge < -0.3 is 5.32 Å². The molecule has 1 heterocycles. The third-order valence-electron chi connectivity index (χ3n) is 5.27. The number of carbonyl (C=O) groups is 1. The van der Waals surface area contributed by atoms with E-state index in [0.717, 1.165) is 36.1 Å². The predicted molar refractivity (Wildman–Crippen MR) is 96.1 cm³/mol. The summed E-state index contributed by atoms with van der Waals surface area (Å²) in [6.45, 7) is 0. The summed E-state index contributed by atoms with van der Waals surface area (Å²) < 4.78 is 39.1. The number of hydrogen-bond donors (Lipinski definition) is 2. The first-order chi connectivity index (χ1) is 12.8. The van der Waals surface area contributed by atoms with Crippen LogP contribution >= 0.6 is 0 Å². The van der Waals surface area contributed by atoms with Gasteiger partial charge in [-0.05, 0) is 53.3 Å². The largest absolute Gasteiger partial charge is 0.416 e. The van der Waals surface area contributed by atoms with Gasteiger partial charge >= 0.3 is 6.18 Å². The van der Waals surface area contributed by atoms with Crippen molar-refractivity contribution in [2.45, 2.75) is 31.0 Å². The van der Waals surface area contributed by atoms with Crippen LogP contribution in [-0.2, 0) is 22.9 Å². The number of halogens is 3. The molecule has 4 nitrogen and oxygen atoms in total. The standard InChI is InChI=1S/C20H18F3N3O/c1-24-18-25-17(27)11-19(26-18)8-7-12-5-6-14(10-16(12)19)13-3-2-4-15(9-13)20(21,22)23/h2-6,9-10H,7-8,11H2,1H3,(H2,24,25,26,27). The van der Waals surface area contributed by atoms with Crippen molar-refractivity contribution in [2.24, 2.45) is 4.99 Å². The molecular formula is C20H18F3N3O. The number of fused-ring (bicyclic) bond motifs is 2. The average Bonchev–Trinajstić information content (AvgIpc) is 2.97. The lowest BCUT2D eigenvalue weighted by molar-refractivity contribution is -0.137. The summed E-state index contributed by atoms with van der Waals surface area (Å²) in [5.41, 5.74) is 2.01. The quantitative estimate of drug-likeness (QED) is 0.802. The molecule has 1 amide bonds. The molecule has 1 atom stereocenters. The molecule has 4 rings (SSSR count). The summed E-state index contributed by atoms with van der Waals surface area (Å²) in [6, 6.07) is 11.0. The molecule has 1 saturated heterocycles. The fourth-order valence-corrected chi connectivity index (χ4v) is 3.96. The molecule has 0 saturated carbocycles. The molecule has 2 aliphatic rings. The zero-order valence-corrected chi connectivity index (χ0v) is 14.7. The lowest BCUT2D eigenvalue weighted by Gasteiger charge is -2.36. The third-order valence-corrected chi connectivity index (χ3v) is 5.27. The van der Waals surface area contributed by atoms with Gasteiger partial charge in [0.25, 0.3) is 0 Å². The Morgan fingerprint density at radius 3 is 2.63 bits per heavy atom. The second kappa shape index (κ2) is 6.11. The minimum absolute atomic E-state index is 0.119. The fourth-order valence-electron chi connectivity index (χ4n) is 3.96. The maximum atomic E-state index is 13.0. The van der Waals surface area contributed by atoms with Crippen molar-refractivity contribution in [1.82, 2.24) is 10.6 Å². The highest BCUT2D eigenvalue weighted by molar-refractivity contribution is 6.00. The predicted octanol–water partition coefficient (Wildman–Crippen LogP) is 3.61. The second-order valence-corrected chi connectivity index (χ2v) is 6.95. The Kier molecular flexibility index (Phi) is 3.98. The normalized spacial score (nSPS) is 23.3. The van der Waals surface area contributed by atoms with E-state index in [0.29, 0.717) is 17.1 Å². The summed E-state index contributed by atoms with van der Waals surface area (Å²) >= 11 is 0. The van der Waals surface area contributed by atoms with Gasteiger partial charge in [-0.15, -0.1) is 0 Å². The summed E-state index contributed by atoms with van der Waals surface area (Å²) in [4.78, 5) is 16.2. The maximum Gasteiger partial charge on any atom is 0.416 e. The van der Waals surface area contributed by atoms with Crippen molar-refractivity contribution in [3.63, 3.8) is 0 Å². The molecule has 7 heteroatoms. The van der Waals surface area contributed by atoms with E-state index in [1.165, 1.54) is 6.07 Å². The van der Waals surface area contributed by atoms with Gasteiger partial charge in [0.05, 0.1) is 17.5 Å². The highest BCUT2D eigenvalue weighted by Crippen LogP contribution is 2.42. The SMILES string of the molecule is CN=C1NC(=O)CC2(CCc3ccc(-c4cccc(C(F)(F)F)c4)cc32)N1. The van der Waals surface area contributed by atoms with E-state index in [-0.39, 0.29) is 12.3 Å². The van der Waals surface area contributed by atoms with Gasteiger partial charge in [0, 0.05) is 7.05 Å². The van der Waals surface area contributed by atoms with Gasteiger partial charge in [-0.1, -0.05) is 24.3 Å². The van der Waals surface area contributed by atoms with E-state index in [2.05, 4.69) is 15.6 Å². The van der Waals surface area contributed by atoms with E-state index in [1.54, 1.807) is 13.1 Å². The van der Waals surface area contributed by atoms with Crippen molar-refractivity contribution in [2.75, 3.05) is 7.05 Å². The Hall–Kier alpha value is -2.83. The first-order valence-corrected chi connectivity index (χ1v) is 8.67. The molecule has 140 valence electrons. The van der Waals surface area contributed by atoms with Crippen LogP contribution in [0.2, 0.25) is 0 Å². The molecule has 1 aliphatic heterocycles. The van der Waals surface area contributed by atoms with Crippen LogP contribution in [0.15, 0.2) is 47.5 Å². The highest BCUT2D eigenvalue weighted by atomic mass is 19.4. The summed E-state index contributed by atoms with van der Waals surface area (Å²) in [5.74, 6) is 0.301. The van der Waals surface area contributed by atoms with Crippen LogP contribution in [0.3, 0.4) is 0 Å². The fraction of sp³-hybridized carbons (Fsp3) is 0.300. The van der Waals surface area contributed by atoms with Crippen molar-refractivity contribution in [3.05, 3.63) is 59.2 Å². The first kappa shape index (κ1) is 17.6. The number of amides is 1. The van der Waals surface area contributed by atoms with E-state index in [9.17, 15) is 18.0 Å². The van der Waals surface area contributed by atoms with Crippen molar-refractivity contribution < 1.29 is 18.0 Å². The van der Waals surface area contributed by atoms with Crippen LogP contribution < -0.4 is 10.6 Å². The number of alkyl halides is 3. The molecule has 1 aliphatic carbocycles. The van der Waals surface area contributed by atoms with Crippen molar-refractivity contribution >= 4 is 11.9 Å². The summed E-state index contributed by atoms with van der Waals surface area (Å²) in [7, 11) is 1.59. The molecule has 1 fully saturated rings. The smallest absolute Gasteiger partial charge is 0.346 e. The average molecular weight is 373 g/mol. The molecule has 1 unspecified atom stereocenters. The Labute approximate surface area is 154 Å². The molecule has 0 bridgehead atoms. The molecule has 2 aromatic rings. The molecule has 1 spiro atoms. The second-order valence-electron chi connectivity index (χ2n) is 6.95. The number of nitrogens with zero attached hydrogens (tertiary/aromatic N) is 1. The number of nitrogens with one attached hydrogen (secondary N) is 2. The van der Waals surface area contributed by atoms with Crippen LogP contribution in [0.1, 0.15) is 29.5 Å². The van der Waals surface area contributed by atoms with E-state index >= 15 is 0 Å². The molecule has 0 aromatic heterocycles. The number of benzene rings is 2. The van der Waals surface area contributed by atoms with Crippen LogP contribution in [0.5, 0.6) is 0 Å². The van der Waals surface area contributed by atoms with Gasteiger partial charge in [0.15, 0.2) is 5.96 Å². The van der Waals surface area contributed by atoms with Crippen LogP contribution in [0.4, 0.5) is 13.2 Å². The molecule has 2 N–H and O–H groups in total. The molecule has 27 heavy (non-hydrogen) atoms. The van der Waals surface area contributed by atoms with Gasteiger partial charge in [-0.2, -0.15) is 13.2 Å². The maximum absolute atomic E-state index is 13.0. The minimum Gasteiger partial charge on any atom is -0.346 e. The zero-order valence-electron chi connectivity index (χ0n) is 14.7. The topological polar surface area (TPSA) is 53.5 Å². The number of rotatable bonds is 1. The number of aryl methyl sites for hydroxylation is 1. The van der Waals surface area contributed by atoms with Crippen LogP contribution in [-0.4, -0.2) is 18.9 Å². The van der Waals surface area contributed by atoms with E-state index in [4.69, 9.17) is 0 Å². The zero-order chi connectivity index (χ0) is 19.2. The Morgan fingerprint density at radius 2 is 1.89 bits per heavy atom. The molecule has 2 aromatic carbocycles. The van der Waals surface area contributed by atoms with Gasteiger partial charge in [0.2, 0.25) is 5.91 Å². The third kappa shape index (κ3) is 3.07. The van der Waals surface area contributed by atoms with E-state index < -0.39 is 17.3 Å². The highest BCUT2D eigenvalue weighted by Gasteiger charge is 2.44. The molecular weight excluding hydrogens is 355 g/mol. The minimum atomic E-state index is -4.39. The summed E-state index contributed by atoms with van der Waals surface area (Å²) in [5, 5.41) is 6.01. The summed E-state index contributed by atoms with van der Waals surface area (Å²) in [6.07, 6.45) is -2.58. The van der Waals surface area contributed by atoms with Gasteiger partial charge in [-0.3, -0.25) is 15.1 Å². The van der Waals surface area contributed by atoms with Crippen LogP contribution in [0, 0.1) is 0 Å².